The van der Waals surface area contributed by atoms with Crippen molar-refractivity contribution >= 4 is 41.3 Å². The van der Waals surface area contributed by atoms with Gasteiger partial charge in [-0.25, -0.2) is 4.98 Å². The van der Waals surface area contributed by atoms with Crippen LogP contribution in [0.5, 0.6) is 0 Å². The second-order valence-corrected chi connectivity index (χ2v) is 7.13. The SMILES string of the molecule is CCNC(=NCCc1nc(C(C)(C)C)cs1)NC(C)C.I. The molecule has 122 valence electrons. The Morgan fingerprint density at radius 3 is 2.52 bits per heavy atom. The largest absolute Gasteiger partial charge is 0.357 e. The lowest BCUT2D eigenvalue weighted by Crippen LogP contribution is -2.41. The number of aromatic nitrogens is 1. The predicted molar refractivity (Wildman–Crippen MR) is 104 cm³/mol. The van der Waals surface area contributed by atoms with Crippen LogP contribution in [-0.2, 0) is 11.8 Å². The summed E-state index contributed by atoms with van der Waals surface area (Å²) in [5.74, 6) is 0.884. The summed E-state index contributed by atoms with van der Waals surface area (Å²) in [6.07, 6.45) is 0.898. The van der Waals surface area contributed by atoms with Crippen molar-refractivity contribution in [1.82, 2.24) is 15.6 Å². The summed E-state index contributed by atoms with van der Waals surface area (Å²) >= 11 is 1.73. The highest BCUT2D eigenvalue weighted by molar-refractivity contribution is 14.0. The first-order valence-corrected chi connectivity index (χ1v) is 8.20. The summed E-state index contributed by atoms with van der Waals surface area (Å²) in [7, 11) is 0. The van der Waals surface area contributed by atoms with Crippen LogP contribution in [0.25, 0.3) is 0 Å². The third kappa shape index (κ3) is 7.99. The molecule has 0 spiro atoms. The quantitative estimate of drug-likeness (QED) is 0.432. The van der Waals surface area contributed by atoms with Gasteiger partial charge in [0.25, 0.3) is 0 Å². The first kappa shape index (κ1) is 20.6. The minimum atomic E-state index is 0. The van der Waals surface area contributed by atoms with Gasteiger partial charge >= 0.3 is 0 Å². The van der Waals surface area contributed by atoms with Gasteiger partial charge in [-0.2, -0.15) is 0 Å². The van der Waals surface area contributed by atoms with Crippen LogP contribution >= 0.6 is 35.3 Å². The fourth-order valence-corrected chi connectivity index (χ4v) is 2.64. The van der Waals surface area contributed by atoms with E-state index in [1.165, 1.54) is 10.7 Å². The molecule has 0 bridgehead atoms. The molecular weight excluding hydrogens is 395 g/mol. The molecule has 0 aliphatic rings. The lowest BCUT2D eigenvalue weighted by Gasteiger charge is -2.14. The van der Waals surface area contributed by atoms with Gasteiger partial charge in [0.2, 0.25) is 0 Å². The molecule has 0 unspecified atom stereocenters. The van der Waals surface area contributed by atoms with E-state index in [1.54, 1.807) is 11.3 Å². The Labute approximate surface area is 150 Å². The second kappa shape index (κ2) is 9.61. The number of halogens is 1. The van der Waals surface area contributed by atoms with E-state index in [4.69, 9.17) is 4.98 Å². The lowest BCUT2D eigenvalue weighted by atomic mass is 9.93. The number of hydrogen-bond donors (Lipinski definition) is 2. The van der Waals surface area contributed by atoms with Crippen LogP contribution in [-0.4, -0.2) is 30.1 Å². The first-order valence-electron chi connectivity index (χ1n) is 7.32. The van der Waals surface area contributed by atoms with Crippen LogP contribution in [0, 0.1) is 0 Å². The molecule has 21 heavy (non-hydrogen) atoms. The van der Waals surface area contributed by atoms with Crippen molar-refractivity contribution in [3.63, 3.8) is 0 Å². The minimum absolute atomic E-state index is 0. The molecule has 0 aliphatic carbocycles. The highest BCUT2D eigenvalue weighted by Crippen LogP contribution is 2.23. The smallest absolute Gasteiger partial charge is 0.191 e. The average molecular weight is 424 g/mol. The molecule has 1 heterocycles. The molecule has 0 aromatic carbocycles. The maximum atomic E-state index is 4.69. The van der Waals surface area contributed by atoms with Gasteiger partial charge in [-0.05, 0) is 20.8 Å². The van der Waals surface area contributed by atoms with E-state index >= 15 is 0 Å². The number of thiazole rings is 1. The number of nitrogens with zero attached hydrogens (tertiary/aromatic N) is 2. The van der Waals surface area contributed by atoms with Crippen LogP contribution in [0.1, 0.15) is 52.2 Å². The molecule has 0 fully saturated rings. The Kier molecular flexibility index (Phi) is 9.44. The van der Waals surface area contributed by atoms with E-state index in [-0.39, 0.29) is 29.4 Å². The first-order chi connectivity index (χ1) is 9.32. The normalized spacial score (nSPS) is 12.2. The summed E-state index contributed by atoms with van der Waals surface area (Å²) in [4.78, 5) is 9.28. The van der Waals surface area contributed by atoms with Crippen molar-refractivity contribution in [2.75, 3.05) is 13.1 Å². The molecule has 0 saturated carbocycles. The number of aliphatic imine (C=N–C) groups is 1. The number of guanidine groups is 1. The van der Waals surface area contributed by atoms with E-state index in [9.17, 15) is 0 Å². The van der Waals surface area contributed by atoms with Crippen LogP contribution in [0.3, 0.4) is 0 Å². The summed E-state index contributed by atoms with van der Waals surface area (Å²) in [5, 5.41) is 9.90. The molecule has 2 N–H and O–H groups in total. The molecule has 1 rings (SSSR count). The van der Waals surface area contributed by atoms with Crippen LogP contribution in [0.2, 0.25) is 0 Å². The average Bonchev–Trinajstić information content (AvgIpc) is 2.77. The molecule has 0 amide bonds. The van der Waals surface area contributed by atoms with Gasteiger partial charge in [0.1, 0.15) is 0 Å². The van der Waals surface area contributed by atoms with E-state index in [0.29, 0.717) is 6.04 Å². The van der Waals surface area contributed by atoms with Gasteiger partial charge in [0, 0.05) is 36.3 Å². The topological polar surface area (TPSA) is 49.3 Å². The van der Waals surface area contributed by atoms with Crippen molar-refractivity contribution < 1.29 is 0 Å². The monoisotopic (exact) mass is 424 g/mol. The van der Waals surface area contributed by atoms with Crippen molar-refractivity contribution in [2.24, 2.45) is 4.99 Å². The van der Waals surface area contributed by atoms with E-state index < -0.39 is 0 Å². The molecule has 0 atom stereocenters. The second-order valence-electron chi connectivity index (χ2n) is 6.19. The Morgan fingerprint density at radius 1 is 1.38 bits per heavy atom. The van der Waals surface area contributed by atoms with Crippen molar-refractivity contribution in [2.45, 2.75) is 59.4 Å². The zero-order valence-corrected chi connectivity index (χ0v) is 17.1. The van der Waals surface area contributed by atoms with Crippen LogP contribution in [0.15, 0.2) is 10.4 Å². The van der Waals surface area contributed by atoms with Crippen LogP contribution < -0.4 is 10.6 Å². The Bertz CT molecular complexity index is 435. The fraction of sp³-hybridized carbons (Fsp3) is 0.733. The minimum Gasteiger partial charge on any atom is -0.357 e. The maximum absolute atomic E-state index is 4.69. The van der Waals surface area contributed by atoms with Gasteiger partial charge in [-0.3, -0.25) is 4.99 Å². The van der Waals surface area contributed by atoms with E-state index in [0.717, 1.165) is 25.5 Å². The number of nitrogens with one attached hydrogen (secondary N) is 2. The Morgan fingerprint density at radius 2 is 2.05 bits per heavy atom. The molecule has 1 aromatic heterocycles. The summed E-state index contributed by atoms with van der Waals surface area (Å²) in [5.41, 5.74) is 1.31. The molecule has 1 aromatic rings. The highest BCUT2D eigenvalue weighted by Gasteiger charge is 2.17. The third-order valence-electron chi connectivity index (χ3n) is 2.69. The van der Waals surface area contributed by atoms with Gasteiger partial charge < -0.3 is 10.6 Å². The Balaban J connectivity index is 0.00000400. The molecule has 4 nitrogen and oxygen atoms in total. The third-order valence-corrected chi connectivity index (χ3v) is 3.59. The molecule has 0 aliphatic heterocycles. The molecule has 6 heteroatoms. The number of hydrogen-bond acceptors (Lipinski definition) is 3. The molecule has 0 saturated heterocycles. The van der Waals surface area contributed by atoms with Gasteiger partial charge in [0.15, 0.2) is 5.96 Å². The van der Waals surface area contributed by atoms with Gasteiger partial charge in [-0.15, -0.1) is 35.3 Å². The Hall–Kier alpha value is -0.370. The van der Waals surface area contributed by atoms with Crippen LogP contribution in [0.4, 0.5) is 0 Å². The molecule has 0 radical (unpaired) electrons. The van der Waals surface area contributed by atoms with E-state index in [1.807, 2.05) is 0 Å². The predicted octanol–water partition coefficient (Wildman–Crippen LogP) is 3.56. The highest BCUT2D eigenvalue weighted by atomic mass is 127. The van der Waals surface area contributed by atoms with Crippen molar-refractivity contribution in [3.05, 3.63) is 16.1 Å². The zero-order valence-electron chi connectivity index (χ0n) is 14.0. The van der Waals surface area contributed by atoms with E-state index in [2.05, 4.69) is 62.5 Å². The summed E-state index contributed by atoms with van der Waals surface area (Å²) in [6.45, 7) is 14.5. The van der Waals surface area contributed by atoms with Crippen molar-refractivity contribution in [3.8, 4) is 0 Å². The lowest BCUT2D eigenvalue weighted by molar-refractivity contribution is 0.571. The van der Waals surface area contributed by atoms with Gasteiger partial charge in [-0.1, -0.05) is 20.8 Å². The summed E-state index contributed by atoms with van der Waals surface area (Å²) in [6, 6.07) is 0.389. The number of rotatable bonds is 5. The maximum Gasteiger partial charge on any atom is 0.191 e. The standard InChI is InChI=1S/C15H28N4S.HI/c1-7-16-14(18-11(2)3)17-9-8-13-19-12(10-20-13)15(4,5)6;/h10-11H,7-9H2,1-6H3,(H2,16,17,18);1H. The fourth-order valence-electron chi connectivity index (χ4n) is 1.63. The zero-order chi connectivity index (χ0) is 15.2. The molecular formula is C15H29IN4S. The van der Waals surface area contributed by atoms with Crippen molar-refractivity contribution in [1.29, 1.82) is 0 Å². The van der Waals surface area contributed by atoms with Gasteiger partial charge in [0.05, 0.1) is 10.7 Å². The summed E-state index contributed by atoms with van der Waals surface area (Å²) < 4.78 is 0.